The van der Waals surface area contributed by atoms with Gasteiger partial charge in [-0.05, 0) is 45.7 Å². The molecular weight excluding hydrogens is 336 g/mol. The van der Waals surface area contributed by atoms with E-state index in [1.807, 2.05) is 0 Å². The van der Waals surface area contributed by atoms with Gasteiger partial charge in [0.1, 0.15) is 11.0 Å². The van der Waals surface area contributed by atoms with Gasteiger partial charge >= 0.3 is 11.9 Å². The first-order valence-electron chi connectivity index (χ1n) is 6.67. The molecule has 0 spiro atoms. The van der Waals surface area contributed by atoms with Crippen LogP contribution in [0.4, 0.5) is 0 Å². The molecule has 2 aromatic carbocycles. The topological polar surface area (TPSA) is 114 Å². The molecule has 0 saturated carbocycles. The molecule has 3 aromatic rings. The number of carboxylic acids is 2. The summed E-state index contributed by atoms with van der Waals surface area (Å²) < 4.78 is 4.57. The molecule has 3 rings (SSSR count). The van der Waals surface area contributed by atoms with Crippen molar-refractivity contribution < 1.29 is 24.4 Å². The monoisotopic (exact) mass is 344 g/mol. The first-order valence-corrected chi connectivity index (χ1v) is 7.04. The average molecular weight is 345 g/mol. The summed E-state index contributed by atoms with van der Waals surface area (Å²) >= 11 is 5.80. The summed E-state index contributed by atoms with van der Waals surface area (Å²) in [5.41, 5.74) is 0.448. The standard InChI is InChI=1S/C16H9ClN2O5/c17-10-4-1-8(2-5-10)13(15(20)21)14(16(22)23)9-3-6-11-12(7-9)19-24-18-11/h1-7H,(H,20,21)(H,22,23). The van der Waals surface area contributed by atoms with Gasteiger partial charge in [0, 0.05) is 5.02 Å². The molecule has 0 bridgehead atoms. The van der Waals surface area contributed by atoms with Gasteiger partial charge in [-0.3, -0.25) is 0 Å². The second kappa shape index (κ2) is 6.13. The Bertz CT molecular complexity index is 976. The molecule has 0 aliphatic carbocycles. The van der Waals surface area contributed by atoms with Crippen LogP contribution in [0.1, 0.15) is 11.1 Å². The summed E-state index contributed by atoms with van der Waals surface area (Å²) in [4.78, 5) is 23.5. The Morgan fingerprint density at radius 1 is 0.833 bits per heavy atom. The Balaban J connectivity index is 2.28. The maximum atomic E-state index is 11.8. The highest BCUT2D eigenvalue weighted by Crippen LogP contribution is 2.29. The predicted molar refractivity (Wildman–Crippen MR) is 85.3 cm³/mol. The zero-order chi connectivity index (χ0) is 17.3. The van der Waals surface area contributed by atoms with Crippen molar-refractivity contribution in [1.29, 1.82) is 0 Å². The lowest BCUT2D eigenvalue weighted by molar-refractivity contribution is -0.132. The maximum absolute atomic E-state index is 11.8. The Labute approximate surface area is 139 Å². The normalized spacial score (nSPS) is 12.0. The van der Waals surface area contributed by atoms with E-state index in [-0.39, 0.29) is 22.3 Å². The maximum Gasteiger partial charge on any atom is 0.337 e. The molecule has 0 unspecified atom stereocenters. The molecule has 0 aliphatic heterocycles. The van der Waals surface area contributed by atoms with Crippen molar-refractivity contribution in [1.82, 2.24) is 10.3 Å². The summed E-state index contributed by atoms with van der Waals surface area (Å²) in [5, 5.41) is 26.8. The Morgan fingerprint density at radius 3 is 2.00 bits per heavy atom. The number of nitrogens with zero attached hydrogens (tertiary/aromatic N) is 2. The summed E-state index contributed by atoms with van der Waals surface area (Å²) in [6.07, 6.45) is 0. The van der Waals surface area contributed by atoms with Crippen molar-refractivity contribution in [2.24, 2.45) is 0 Å². The predicted octanol–water partition coefficient (Wildman–Crippen LogP) is 2.96. The van der Waals surface area contributed by atoms with Crippen LogP contribution in [0, 0.1) is 0 Å². The van der Waals surface area contributed by atoms with Crippen molar-refractivity contribution in [3.05, 3.63) is 58.6 Å². The third kappa shape index (κ3) is 2.84. The minimum atomic E-state index is -1.38. The van der Waals surface area contributed by atoms with E-state index in [9.17, 15) is 19.8 Å². The number of fused-ring (bicyclic) bond motifs is 1. The van der Waals surface area contributed by atoms with E-state index in [4.69, 9.17) is 11.6 Å². The van der Waals surface area contributed by atoms with Gasteiger partial charge < -0.3 is 10.2 Å². The number of carbonyl (C=O) groups is 2. The second-order valence-electron chi connectivity index (χ2n) is 4.83. The molecule has 0 fully saturated rings. The van der Waals surface area contributed by atoms with Crippen molar-refractivity contribution in [2.75, 3.05) is 0 Å². The fourth-order valence-corrected chi connectivity index (χ4v) is 2.43. The quantitative estimate of drug-likeness (QED) is 0.552. The number of rotatable bonds is 4. The zero-order valence-corrected chi connectivity index (χ0v) is 12.7. The summed E-state index contributed by atoms with van der Waals surface area (Å²) in [7, 11) is 0. The minimum Gasteiger partial charge on any atom is -0.478 e. The molecule has 120 valence electrons. The van der Waals surface area contributed by atoms with Gasteiger partial charge in [-0.2, -0.15) is 0 Å². The highest BCUT2D eigenvalue weighted by Gasteiger charge is 2.24. The number of benzene rings is 2. The largest absolute Gasteiger partial charge is 0.478 e. The number of halogens is 1. The second-order valence-corrected chi connectivity index (χ2v) is 5.27. The molecule has 0 saturated heterocycles. The van der Waals surface area contributed by atoms with Crippen LogP contribution in [-0.4, -0.2) is 32.5 Å². The lowest BCUT2D eigenvalue weighted by atomic mass is 9.94. The highest BCUT2D eigenvalue weighted by molar-refractivity contribution is 6.37. The molecular formula is C16H9ClN2O5. The summed E-state index contributed by atoms with van der Waals surface area (Å²) in [5.74, 6) is -2.74. The van der Waals surface area contributed by atoms with Crippen molar-refractivity contribution in [2.45, 2.75) is 0 Å². The molecule has 7 nitrogen and oxygen atoms in total. The highest BCUT2D eigenvalue weighted by atomic mass is 35.5. The third-order valence-electron chi connectivity index (χ3n) is 3.35. The Hall–Kier alpha value is -3.19. The van der Waals surface area contributed by atoms with Crippen LogP contribution in [0.25, 0.3) is 22.2 Å². The van der Waals surface area contributed by atoms with E-state index in [2.05, 4.69) is 14.9 Å². The molecule has 0 amide bonds. The lowest BCUT2D eigenvalue weighted by Crippen LogP contribution is -2.10. The fourth-order valence-electron chi connectivity index (χ4n) is 2.30. The van der Waals surface area contributed by atoms with Crippen LogP contribution >= 0.6 is 11.6 Å². The number of hydrogen-bond acceptors (Lipinski definition) is 5. The van der Waals surface area contributed by atoms with Crippen LogP contribution in [0.2, 0.25) is 5.02 Å². The van der Waals surface area contributed by atoms with E-state index >= 15 is 0 Å². The molecule has 1 heterocycles. The number of aromatic nitrogens is 2. The van der Waals surface area contributed by atoms with E-state index in [1.165, 1.54) is 42.5 Å². The number of carboxylic acid groups (broad SMARTS) is 2. The van der Waals surface area contributed by atoms with E-state index in [1.54, 1.807) is 0 Å². The fraction of sp³-hybridized carbons (Fsp3) is 0. The van der Waals surface area contributed by atoms with Crippen LogP contribution in [0.3, 0.4) is 0 Å². The van der Waals surface area contributed by atoms with E-state index in [0.717, 1.165) is 0 Å². The van der Waals surface area contributed by atoms with Gasteiger partial charge in [0.25, 0.3) is 0 Å². The summed E-state index contributed by atoms with van der Waals surface area (Å²) in [6.45, 7) is 0. The molecule has 0 aliphatic rings. The van der Waals surface area contributed by atoms with E-state index < -0.39 is 11.9 Å². The Morgan fingerprint density at radius 2 is 1.38 bits per heavy atom. The number of hydrogen-bond donors (Lipinski definition) is 2. The van der Waals surface area contributed by atoms with Crippen LogP contribution in [0.15, 0.2) is 47.1 Å². The third-order valence-corrected chi connectivity index (χ3v) is 3.61. The smallest absolute Gasteiger partial charge is 0.337 e. The van der Waals surface area contributed by atoms with Gasteiger partial charge in [0.05, 0.1) is 11.1 Å². The first-order chi connectivity index (χ1) is 11.5. The van der Waals surface area contributed by atoms with Gasteiger partial charge in [-0.25, -0.2) is 14.2 Å². The molecule has 0 atom stereocenters. The molecule has 8 heteroatoms. The Kier molecular flexibility index (Phi) is 4.01. The SMILES string of the molecule is O=C(O)C(=C(C(=O)O)c1ccc2nonc2c1)c1ccc(Cl)cc1. The summed E-state index contributed by atoms with van der Waals surface area (Å²) in [6, 6.07) is 10.2. The van der Waals surface area contributed by atoms with Crippen LogP contribution in [-0.2, 0) is 9.59 Å². The molecule has 0 radical (unpaired) electrons. The molecule has 2 N–H and O–H groups in total. The molecule has 24 heavy (non-hydrogen) atoms. The van der Waals surface area contributed by atoms with Crippen molar-refractivity contribution in [3.63, 3.8) is 0 Å². The number of aliphatic carboxylic acids is 2. The van der Waals surface area contributed by atoms with Gasteiger partial charge in [-0.1, -0.05) is 29.8 Å². The van der Waals surface area contributed by atoms with Gasteiger partial charge in [-0.15, -0.1) is 0 Å². The van der Waals surface area contributed by atoms with E-state index in [0.29, 0.717) is 16.1 Å². The lowest BCUT2D eigenvalue weighted by Gasteiger charge is -2.10. The van der Waals surface area contributed by atoms with Crippen molar-refractivity contribution in [3.8, 4) is 0 Å². The first kappa shape index (κ1) is 15.7. The average Bonchev–Trinajstić information content (AvgIpc) is 3.00. The van der Waals surface area contributed by atoms with Crippen LogP contribution < -0.4 is 0 Å². The van der Waals surface area contributed by atoms with Gasteiger partial charge in [0.2, 0.25) is 0 Å². The zero-order valence-electron chi connectivity index (χ0n) is 11.9. The van der Waals surface area contributed by atoms with Gasteiger partial charge in [0.15, 0.2) is 0 Å². The van der Waals surface area contributed by atoms with Crippen molar-refractivity contribution >= 4 is 45.7 Å². The molecule has 1 aromatic heterocycles. The minimum absolute atomic E-state index is 0.179. The van der Waals surface area contributed by atoms with Crippen LogP contribution in [0.5, 0.6) is 0 Å².